The number of carbonyl (C=O) groups excluding carboxylic acids is 1. The SMILES string of the molecule is CCCCN(C(=O)C[C@H]1C[C@H]2CC[C@@H]1C2)c1c(N)n(Cc2ccccc2)c(=O)[nH]c1=O. The van der Waals surface area contributed by atoms with Gasteiger partial charge >= 0.3 is 5.69 Å². The number of nitrogens with zero attached hydrogens (tertiary/aromatic N) is 2. The topological polar surface area (TPSA) is 101 Å². The molecule has 0 saturated heterocycles. The highest BCUT2D eigenvalue weighted by Gasteiger charge is 2.41. The van der Waals surface area contributed by atoms with E-state index < -0.39 is 11.2 Å². The third-order valence-electron chi connectivity index (χ3n) is 7.03. The van der Waals surface area contributed by atoms with Crippen LogP contribution in [0.25, 0.3) is 0 Å². The predicted molar refractivity (Wildman–Crippen MR) is 122 cm³/mol. The summed E-state index contributed by atoms with van der Waals surface area (Å²) in [6, 6.07) is 9.46. The number of nitrogens with two attached hydrogens (primary N) is 1. The molecule has 1 amide bonds. The molecule has 2 fully saturated rings. The molecule has 0 radical (unpaired) electrons. The summed E-state index contributed by atoms with van der Waals surface area (Å²) >= 11 is 0. The zero-order valence-corrected chi connectivity index (χ0v) is 18.2. The van der Waals surface area contributed by atoms with E-state index in [4.69, 9.17) is 5.73 Å². The number of aromatic nitrogens is 2. The zero-order chi connectivity index (χ0) is 22.0. The van der Waals surface area contributed by atoms with Crippen molar-refractivity contribution in [3.8, 4) is 0 Å². The van der Waals surface area contributed by atoms with E-state index in [0.29, 0.717) is 24.8 Å². The molecule has 4 rings (SSSR count). The van der Waals surface area contributed by atoms with Crippen LogP contribution in [-0.4, -0.2) is 22.0 Å². The number of anilines is 2. The summed E-state index contributed by atoms with van der Waals surface area (Å²) in [5.41, 5.74) is 6.20. The molecule has 0 spiro atoms. The lowest BCUT2D eigenvalue weighted by molar-refractivity contribution is -0.119. The zero-order valence-electron chi connectivity index (χ0n) is 18.2. The van der Waals surface area contributed by atoms with Gasteiger partial charge in [-0.3, -0.25) is 19.1 Å². The van der Waals surface area contributed by atoms with Crippen LogP contribution in [0.5, 0.6) is 0 Å². The minimum absolute atomic E-state index is 0.0509. The van der Waals surface area contributed by atoms with Crippen LogP contribution in [0.15, 0.2) is 39.9 Å². The maximum Gasteiger partial charge on any atom is 0.330 e. The van der Waals surface area contributed by atoms with Crippen LogP contribution in [0.3, 0.4) is 0 Å². The fraction of sp³-hybridized carbons (Fsp3) is 0.542. The largest absolute Gasteiger partial charge is 0.383 e. The molecule has 2 saturated carbocycles. The van der Waals surface area contributed by atoms with E-state index in [1.807, 2.05) is 37.3 Å². The van der Waals surface area contributed by atoms with Crippen molar-refractivity contribution in [2.45, 2.75) is 58.4 Å². The van der Waals surface area contributed by atoms with Crippen LogP contribution in [-0.2, 0) is 11.3 Å². The molecule has 166 valence electrons. The van der Waals surface area contributed by atoms with Gasteiger partial charge in [0.15, 0.2) is 5.69 Å². The number of H-pyrrole nitrogens is 1. The Morgan fingerprint density at radius 2 is 1.97 bits per heavy atom. The monoisotopic (exact) mass is 424 g/mol. The summed E-state index contributed by atoms with van der Waals surface area (Å²) in [5.74, 6) is 1.77. The quantitative estimate of drug-likeness (QED) is 0.680. The lowest BCUT2D eigenvalue weighted by atomic mass is 9.86. The summed E-state index contributed by atoms with van der Waals surface area (Å²) in [7, 11) is 0. The minimum Gasteiger partial charge on any atom is -0.383 e. The summed E-state index contributed by atoms with van der Waals surface area (Å²) in [6.07, 6.45) is 6.93. The number of benzene rings is 1. The number of carbonyl (C=O) groups is 1. The molecule has 1 aromatic heterocycles. The van der Waals surface area contributed by atoms with Gasteiger partial charge in [-0.05, 0) is 49.0 Å². The van der Waals surface area contributed by atoms with Gasteiger partial charge in [-0.15, -0.1) is 0 Å². The number of unbranched alkanes of at least 4 members (excludes halogenated alkanes) is 1. The third kappa shape index (κ3) is 4.45. The van der Waals surface area contributed by atoms with Crippen molar-refractivity contribution in [3.63, 3.8) is 0 Å². The number of aromatic amines is 1. The Hall–Kier alpha value is -2.83. The predicted octanol–water partition coefficient (Wildman–Crippen LogP) is 3.13. The first-order chi connectivity index (χ1) is 15.0. The first-order valence-electron chi connectivity index (χ1n) is 11.4. The van der Waals surface area contributed by atoms with Crippen molar-refractivity contribution in [1.82, 2.24) is 9.55 Å². The van der Waals surface area contributed by atoms with Crippen molar-refractivity contribution < 1.29 is 4.79 Å². The number of nitrogen functional groups attached to an aromatic ring is 1. The Labute approximate surface area is 182 Å². The van der Waals surface area contributed by atoms with E-state index in [9.17, 15) is 14.4 Å². The Kier molecular flexibility index (Phi) is 6.30. The second kappa shape index (κ2) is 9.12. The van der Waals surface area contributed by atoms with E-state index in [1.54, 1.807) is 0 Å². The Morgan fingerprint density at radius 1 is 1.19 bits per heavy atom. The molecule has 3 atom stereocenters. The van der Waals surface area contributed by atoms with E-state index in [2.05, 4.69) is 4.98 Å². The highest BCUT2D eigenvalue weighted by molar-refractivity contribution is 5.95. The molecular formula is C24H32N4O3. The first-order valence-corrected chi connectivity index (χ1v) is 11.4. The van der Waals surface area contributed by atoms with Crippen LogP contribution >= 0.6 is 0 Å². The van der Waals surface area contributed by atoms with Gasteiger partial charge in [0.05, 0.1) is 6.54 Å². The lowest BCUT2D eigenvalue weighted by Gasteiger charge is -2.28. The summed E-state index contributed by atoms with van der Waals surface area (Å²) in [4.78, 5) is 42.6. The molecule has 31 heavy (non-hydrogen) atoms. The molecule has 1 heterocycles. The van der Waals surface area contributed by atoms with E-state index in [-0.39, 0.29) is 24.0 Å². The fourth-order valence-electron chi connectivity index (χ4n) is 5.40. The van der Waals surface area contributed by atoms with Gasteiger partial charge in [0.2, 0.25) is 5.91 Å². The second-order valence-electron chi connectivity index (χ2n) is 9.10. The Morgan fingerprint density at radius 3 is 2.61 bits per heavy atom. The highest BCUT2D eigenvalue weighted by atomic mass is 16.2. The van der Waals surface area contributed by atoms with Gasteiger partial charge in [0.25, 0.3) is 5.56 Å². The number of hydrogen-bond donors (Lipinski definition) is 2. The Bertz CT molecular complexity index is 1040. The van der Waals surface area contributed by atoms with Gasteiger partial charge < -0.3 is 10.6 Å². The minimum atomic E-state index is -0.593. The smallest absolute Gasteiger partial charge is 0.330 e. The lowest BCUT2D eigenvalue weighted by Crippen LogP contribution is -2.42. The average molecular weight is 425 g/mol. The van der Waals surface area contributed by atoms with Crippen LogP contribution < -0.4 is 21.9 Å². The molecule has 2 aromatic rings. The number of fused-ring (bicyclic) bond motifs is 2. The van der Waals surface area contributed by atoms with Crippen LogP contribution in [0.1, 0.15) is 57.4 Å². The molecule has 3 N–H and O–H groups in total. The van der Waals surface area contributed by atoms with Gasteiger partial charge in [-0.2, -0.15) is 0 Å². The number of rotatable bonds is 8. The van der Waals surface area contributed by atoms with Gasteiger partial charge in [-0.25, -0.2) is 4.79 Å². The van der Waals surface area contributed by atoms with E-state index >= 15 is 0 Å². The van der Waals surface area contributed by atoms with Gasteiger partial charge in [0.1, 0.15) is 5.82 Å². The fourth-order valence-corrected chi connectivity index (χ4v) is 5.40. The van der Waals surface area contributed by atoms with Gasteiger partial charge in [-0.1, -0.05) is 50.1 Å². The first kappa shape index (κ1) is 21.4. The Balaban J connectivity index is 1.65. The molecule has 2 aliphatic rings. The molecule has 1 aromatic carbocycles. The number of nitrogens with one attached hydrogen (secondary N) is 1. The molecule has 2 aliphatic carbocycles. The van der Waals surface area contributed by atoms with Crippen LogP contribution in [0, 0.1) is 17.8 Å². The van der Waals surface area contributed by atoms with Crippen molar-refractivity contribution in [3.05, 3.63) is 56.7 Å². The van der Waals surface area contributed by atoms with Crippen molar-refractivity contribution in [2.75, 3.05) is 17.2 Å². The summed E-state index contributed by atoms with van der Waals surface area (Å²) < 4.78 is 1.34. The molecule has 7 nitrogen and oxygen atoms in total. The molecule has 2 bridgehead atoms. The van der Waals surface area contributed by atoms with Crippen LogP contribution in [0.2, 0.25) is 0 Å². The van der Waals surface area contributed by atoms with Crippen molar-refractivity contribution in [1.29, 1.82) is 0 Å². The molecule has 0 aliphatic heterocycles. The van der Waals surface area contributed by atoms with E-state index in [0.717, 1.165) is 30.7 Å². The van der Waals surface area contributed by atoms with Crippen LogP contribution in [0.4, 0.5) is 11.5 Å². The molecular weight excluding hydrogens is 392 g/mol. The molecule has 7 heteroatoms. The number of hydrogen-bond acceptors (Lipinski definition) is 4. The average Bonchev–Trinajstić information content (AvgIpc) is 3.37. The van der Waals surface area contributed by atoms with E-state index in [1.165, 1.54) is 28.7 Å². The summed E-state index contributed by atoms with van der Waals surface area (Å²) in [6.45, 7) is 2.70. The van der Waals surface area contributed by atoms with Crippen molar-refractivity contribution >= 4 is 17.4 Å². The second-order valence-corrected chi connectivity index (χ2v) is 9.10. The highest BCUT2D eigenvalue weighted by Crippen LogP contribution is 2.49. The van der Waals surface area contributed by atoms with Gasteiger partial charge in [0, 0.05) is 13.0 Å². The van der Waals surface area contributed by atoms with Crippen molar-refractivity contribution in [2.24, 2.45) is 17.8 Å². The third-order valence-corrected chi connectivity index (χ3v) is 7.03. The normalized spacial score (nSPS) is 22.0. The summed E-state index contributed by atoms with van der Waals surface area (Å²) in [5, 5.41) is 0. The maximum atomic E-state index is 13.4. The maximum absolute atomic E-state index is 13.4. The molecule has 0 unspecified atom stereocenters. The number of amides is 1. The standard InChI is InChI=1S/C24H32N4O3/c1-2-3-11-27(20(29)14-19-13-17-9-10-18(19)12-17)21-22(25)28(24(31)26-23(21)30)15-16-7-5-4-6-8-16/h4-8,17-19H,2-3,9-15,25H2,1H3,(H,26,30,31)/t17-,18+,19+/m0/s1.